The number of nitrogens with zero attached hydrogens (tertiary/aromatic N) is 1. The van der Waals surface area contributed by atoms with Crippen molar-refractivity contribution in [3.63, 3.8) is 0 Å². The molecule has 0 bridgehead atoms. The summed E-state index contributed by atoms with van der Waals surface area (Å²) in [5.74, 6) is -0.0329. The molecule has 86 valence electrons. The Morgan fingerprint density at radius 3 is 2.88 bits per heavy atom. The number of benzene rings is 1. The van der Waals surface area contributed by atoms with Gasteiger partial charge in [-0.25, -0.2) is 4.39 Å². The van der Waals surface area contributed by atoms with Gasteiger partial charge >= 0.3 is 0 Å². The second-order valence-electron chi connectivity index (χ2n) is 4.58. The van der Waals surface area contributed by atoms with E-state index in [0.717, 1.165) is 19.5 Å². The molecule has 1 aliphatic rings. The number of carbonyl (C=O) groups is 1. The molecular formula is C13H16FNO. The minimum Gasteiger partial charge on any atom is -0.338 e. The highest BCUT2D eigenvalue weighted by atomic mass is 19.1. The Hall–Kier alpha value is -1.38. The zero-order chi connectivity index (χ0) is 11.7. The Bertz CT molecular complexity index is 416. The van der Waals surface area contributed by atoms with E-state index in [0.29, 0.717) is 11.5 Å². The van der Waals surface area contributed by atoms with E-state index in [1.54, 1.807) is 30.0 Å². The van der Waals surface area contributed by atoms with E-state index in [1.807, 2.05) is 0 Å². The third-order valence-corrected chi connectivity index (χ3v) is 3.13. The maximum absolute atomic E-state index is 13.8. The summed E-state index contributed by atoms with van der Waals surface area (Å²) in [5.41, 5.74) is 0.729. The maximum Gasteiger partial charge on any atom is 0.256 e. The van der Waals surface area contributed by atoms with Gasteiger partial charge in [0.05, 0.1) is 5.56 Å². The van der Waals surface area contributed by atoms with Crippen LogP contribution in [0, 0.1) is 18.7 Å². The quantitative estimate of drug-likeness (QED) is 0.713. The molecule has 0 aromatic heterocycles. The molecule has 0 N–H and O–H groups in total. The fourth-order valence-electron chi connectivity index (χ4n) is 2.10. The molecule has 0 spiro atoms. The maximum atomic E-state index is 13.8. The lowest BCUT2D eigenvalue weighted by Gasteiger charge is -2.16. The van der Waals surface area contributed by atoms with E-state index in [4.69, 9.17) is 0 Å². The lowest BCUT2D eigenvalue weighted by molar-refractivity contribution is 0.0783. The third-order valence-electron chi connectivity index (χ3n) is 3.13. The van der Waals surface area contributed by atoms with Crippen LogP contribution < -0.4 is 0 Å². The summed E-state index contributed by atoms with van der Waals surface area (Å²) in [6.07, 6.45) is 1.01. The highest BCUT2D eigenvalue weighted by Crippen LogP contribution is 2.20. The summed E-state index contributed by atoms with van der Waals surface area (Å²) >= 11 is 0. The van der Waals surface area contributed by atoms with Crippen LogP contribution in [0.25, 0.3) is 0 Å². The molecule has 1 saturated heterocycles. The second-order valence-corrected chi connectivity index (χ2v) is 4.58. The van der Waals surface area contributed by atoms with Gasteiger partial charge in [0.1, 0.15) is 5.82 Å². The van der Waals surface area contributed by atoms with Crippen LogP contribution in [0.5, 0.6) is 0 Å². The Kier molecular flexibility index (Phi) is 2.95. The van der Waals surface area contributed by atoms with Crippen LogP contribution in [-0.4, -0.2) is 23.9 Å². The molecule has 1 aromatic carbocycles. The standard InChI is InChI=1S/C13H16FNO/c1-9-6-7-15(8-9)13(16)11-5-3-4-10(2)12(11)14/h3-5,9H,6-8H2,1-2H3. The average Bonchev–Trinajstić information content (AvgIpc) is 2.68. The van der Waals surface area contributed by atoms with Gasteiger partial charge in [-0.05, 0) is 30.9 Å². The molecule has 1 unspecified atom stereocenters. The van der Waals surface area contributed by atoms with E-state index >= 15 is 0 Å². The van der Waals surface area contributed by atoms with Crippen molar-refractivity contribution in [2.75, 3.05) is 13.1 Å². The molecule has 1 fully saturated rings. The molecule has 1 atom stereocenters. The zero-order valence-electron chi connectivity index (χ0n) is 9.66. The molecule has 2 rings (SSSR count). The predicted molar refractivity (Wildman–Crippen MR) is 60.8 cm³/mol. The molecule has 3 heteroatoms. The molecule has 16 heavy (non-hydrogen) atoms. The van der Waals surface area contributed by atoms with Crippen molar-refractivity contribution in [2.45, 2.75) is 20.3 Å². The molecule has 2 nitrogen and oxygen atoms in total. The summed E-state index contributed by atoms with van der Waals surface area (Å²) in [6, 6.07) is 4.97. The lowest BCUT2D eigenvalue weighted by Crippen LogP contribution is -2.29. The minimum atomic E-state index is -0.382. The third kappa shape index (κ3) is 1.94. The van der Waals surface area contributed by atoms with Crippen LogP contribution >= 0.6 is 0 Å². The molecular weight excluding hydrogens is 205 g/mol. The van der Waals surface area contributed by atoms with E-state index in [-0.39, 0.29) is 17.3 Å². The summed E-state index contributed by atoms with van der Waals surface area (Å²) in [6.45, 7) is 5.28. The zero-order valence-corrected chi connectivity index (χ0v) is 9.66. The molecule has 0 radical (unpaired) electrons. The smallest absolute Gasteiger partial charge is 0.256 e. The van der Waals surface area contributed by atoms with E-state index in [1.165, 1.54) is 0 Å². The average molecular weight is 221 g/mol. The van der Waals surface area contributed by atoms with Crippen LogP contribution in [0.2, 0.25) is 0 Å². The summed E-state index contributed by atoms with van der Waals surface area (Å²) < 4.78 is 13.8. The van der Waals surface area contributed by atoms with Crippen molar-refractivity contribution in [3.05, 3.63) is 35.1 Å². The highest BCUT2D eigenvalue weighted by Gasteiger charge is 2.26. The van der Waals surface area contributed by atoms with Crippen molar-refractivity contribution >= 4 is 5.91 Å². The Balaban J connectivity index is 2.24. The molecule has 0 aliphatic carbocycles. The summed E-state index contributed by atoms with van der Waals surface area (Å²) in [5, 5.41) is 0. The van der Waals surface area contributed by atoms with E-state index in [2.05, 4.69) is 6.92 Å². The number of hydrogen-bond acceptors (Lipinski definition) is 1. The van der Waals surface area contributed by atoms with Crippen molar-refractivity contribution in [3.8, 4) is 0 Å². The van der Waals surface area contributed by atoms with Gasteiger partial charge in [0, 0.05) is 13.1 Å². The Morgan fingerprint density at radius 2 is 2.25 bits per heavy atom. The number of likely N-dealkylation sites (tertiary alicyclic amines) is 1. The van der Waals surface area contributed by atoms with Crippen LogP contribution in [-0.2, 0) is 0 Å². The van der Waals surface area contributed by atoms with Gasteiger partial charge in [-0.15, -0.1) is 0 Å². The summed E-state index contributed by atoms with van der Waals surface area (Å²) in [4.78, 5) is 13.8. The van der Waals surface area contributed by atoms with Crippen molar-refractivity contribution in [1.82, 2.24) is 4.90 Å². The van der Waals surface area contributed by atoms with Crippen molar-refractivity contribution in [2.24, 2.45) is 5.92 Å². The van der Waals surface area contributed by atoms with Gasteiger partial charge in [-0.1, -0.05) is 19.1 Å². The number of rotatable bonds is 1. The Morgan fingerprint density at radius 1 is 1.50 bits per heavy atom. The number of hydrogen-bond donors (Lipinski definition) is 0. The minimum absolute atomic E-state index is 0.175. The SMILES string of the molecule is Cc1cccc(C(=O)N2CCC(C)C2)c1F. The largest absolute Gasteiger partial charge is 0.338 e. The van der Waals surface area contributed by atoms with Crippen LogP contribution in [0.3, 0.4) is 0 Å². The van der Waals surface area contributed by atoms with Crippen LogP contribution in [0.1, 0.15) is 29.3 Å². The predicted octanol–water partition coefficient (Wildman–Crippen LogP) is 2.62. The molecule has 1 heterocycles. The second kappa shape index (κ2) is 4.24. The number of aryl methyl sites for hydroxylation is 1. The molecule has 1 aliphatic heterocycles. The first-order chi connectivity index (χ1) is 7.59. The number of amides is 1. The molecule has 1 aromatic rings. The first-order valence-corrected chi connectivity index (χ1v) is 5.64. The normalized spacial score (nSPS) is 20.2. The van der Waals surface area contributed by atoms with Gasteiger partial charge in [-0.3, -0.25) is 4.79 Å². The molecule has 0 saturated carbocycles. The summed E-state index contributed by atoms with van der Waals surface area (Å²) in [7, 11) is 0. The van der Waals surface area contributed by atoms with Gasteiger partial charge in [-0.2, -0.15) is 0 Å². The lowest BCUT2D eigenvalue weighted by atomic mass is 10.1. The van der Waals surface area contributed by atoms with E-state index in [9.17, 15) is 9.18 Å². The van der Waals surface area contributed by atoms with Gasteiger partial charge in [0.15, 0.2) is 0 Å². The number of halogens is 1. The fourth-order valence-corrected chi connectivity index (χ4v) is 2.10. The number of carbonyl (C=O) groups excluding carboxylic acids is 1. The van der Waals surface area contributed by atoms with Gasteiger partial charge < -0.3 is 4.90 Å². The highest BCUT2D eigenvalue weighted by molar-refractivity contribution is 5.94. The monoisotopic (exact) mass is 221 g/mol. The van der Waals surface area contributed by atoms with Gasteiger partial charge in [0.25, 0.3) is 5.91 Å². The van der Waals surface area contributed by atoms with Crippen LogP contribution in [0.15, 0.2) is 18.2 Å². The van der Waals surface area contributed by atoms with Crippen molar-refractivity contribution < 1.29 is 9.18 Å². The van der Waals surface area contributed by atoms with Gasteiger partial charge in [0.2, 0.25) is 0 Å². The Labute approximate surface area is 95.1 Å². The van der Waals surface area contributed by atoms with Crippen molar-refractivity contribution in [1.29, 1.82) is 0 Å². The van der Waals surface area contributed by atoms with Crippen LogP contribution in [0.4, 0.5) is 4.39 Å². The first-order valence-electron chi connectivity index (χ1n) is 5.64. The molecule has 1 amide bonds. The topological polar surface area (TPSA) is 20.3 Å². The fraction of sp³-hybridized carbons (Fsp3) is 0.462. The van der Waals surface area contributed by atoms with E-state index < -0.39 is 0 Å². The first kappa shape index (κ1) is 11.1.